The van der Waals surface area contributed by atoms with Gasteiger partial charge in [0.25, 0.3) is 5.56 Å². The number of benzene rings is 1. The van der Waals surface area contributed by atoms with Crippen LogP contribution in [0.25, 0.3) is 11.3 Å². The van der Waals surface area contributed by atoms with Crippen LogP contribution in [0.3, 0.4) is 0 Å². The van der Waals surface area contributed by atoms with Crippen LogP contribution < -0.4 is 17.0 Å². The van der Waals surface area contributed by atoms with Crippen molar-refractivity contribution in [2.75, 3.05) is 5.73 Å². The molecule has 27 heavy (non-hydrogen) atoms. The summed E-state index contributed by atoms with van der Waals surface area (Å²) in [6.07, 6.45) is -4.24. The Morgan fingerprint density at radius 3 is 2.56 bits per heavy atom. The van der Waals surface area contributed by atoms with E-state index in [0.717, 1.165) is 21.3 Å². The minimum Gasteiger partial charge on any atom is -0.384 e. The van der Waals surface area contributed by atoms with Crippen LogP contribution in [0.1, 0.15) is 16.1 Å². The molecule has 10 heteroatoms. The lowest BCUT2D eigenvalue weighted by molar-refractivity contribution is -0.137. The van der Waals surface area contributed by atoms with Crippen molar-refractivity contribution in [1.29, 1.82) is 0 Å². The van der Waals surface area contributed by atoms with Crippen molar-refractivity contribution in [3.8, 4) is 11.3 Å². The molecule has 0 amide bonds. The predicted octanol–water partition coefficient (Wildman–Crippen LogP) is 2.40. The lowest BCUT2D eigenvalue weighted by atomic mass is 10.1. The van der Waals surface area contributed by atoms with Crippen molar-refractivity contribution in [3.05, 3.63) is 66.6 Å². The lowest BCUT2D eigenvalue weighted by Crippen LogP contribution is -2.39. The zero-order chi connectivity index (χ0) is 19.9. The molecule has 0 saturated heterocycles. The molecule has 0 atom stereocenters. The summed E-state index contributed by atoms with van der Waals surface area (Å²) in [5.41, 5.74) is 4.87. The van der Waals surface area contributed by atoms with Crippen molar-refractivity contribution in [3.63, 3.8) is 0 Å². The molecule has 0 aliphatic heterocycles. The molecule has 0 bridgehead atoms. The molecule has 0 unspecified atom stereocenters. The van der Waals surface area contributed by atoms with Gasteiger partial charge >= 0.3 is 11.9 Å². The van der Waals surface area contributed by atoms with Crippen LogP contribution in [-0.2, 0) is 26.7 Å². The molecule has 0 aliphatic rings. The van der Waals surface area contributed by atoms with Crippen molar-refractivity contribution >= 4 is 17.2 Å². The normalized spacial score (nSPS) is 11.7. The molecule has 1 aromatic carbocycles. The van der Waals surface area contributed by atoms with E-state index in [1.54, 1.807) is 11.4 Å². The van der Waals surface area contributed by atoms with Gasteiger partial charge in [-0.05, 0) is 11.6 Å². The van der Waals surface area contributed by atoms with E-state index >= 15 is 0 Å². The molecule has 2 N–H and O–H groups in total. The Bertz CT molecular complexity index is 1130. The van der Waals surface area contributed by atoms with Crippen LogP contribution >= 0.6 is 11.3 Å². The topological polar surface area (TPSA) is 82.9 Å². The summed E-state index contributed by atoms with van der Waals surface area (Å²) in [4.78, 5) is 28.6. The first-order valence-electron chi connectivity index (χ1n) is 7.76. The second kappa shape index (κ2) is 6.69. The van der Waals surface area contributed by atoms with Gasteiger partial charge in [0.15, 0.2) is 0 Å². The van der Waals surface area contributed by atoms with Crippen molar-refractivity contribution in [2.24, 2.45) is 14.1 Å². The summed E-state index contributed by atoms with van der Waals surface area (Å²) in [7, 11) is 2.78. The Morgan fingerprint density at radius 2 is 1.89 bits per heavy atom. The lowest BCUT2D eigenvalue weighted by Gasteiger charge is -2.09. The fraction of sp³-hybridized carbons (Fsp3) is 0.235. The molecule has 3 aromatic rings. The zero-order valence-corrected chi connectivity index (χ0v) is 15.2. The minimum atomic E-state index is -4.42. The SMILES string of the molecule is Cn1c(N)c(-c2csc(Cc3cccc(C(F)(F)F)c3)n2)c(=O)n(C)c1=O. The van der Waals surface area contributed by atoms with Crippen LogP contribution in [-0.4, -0.2) is 14.1 Å². The third-order valence-electron chi connectivity index (χ3n) is 4.13. The van der Waals surface area contributed by atoms with Gasteiger partial charge in [0, 0.05) is 25.9 Å². The Balaban J connectivity index is 1.98. The zero-order valence-electron chi connectivity index (χ0n) is 14.4. The van der Waals surface area contributed by atoms with E-state index in [-0.39, 0.29) is 23.5 Å². The summed E-state index contributed by atoms with van der Waals surface area (Å²) >= 11 is 1.20. The number of nitrogen functional groups attached to an aromatic ring is 1. The highest BCUT2D eigenvalue weighted by molar-refractivity contribution is 7.10. The van der Waals surface area contributed by atoms with Gasteiger partial charge in [-0.1, -0.05) is 18.2 Å². The molecule has 0 radical (unpaired) electrons. The third-order valence-corrected chi connectivity index (χ3v) is 4.98. The van der Waals surface area contributed by atoms with Crippen LogP contribution in [0.4, 0.5) is 19.0 Å². The maximum atomic E-state index is 12.8. The fourth-order valence-corrected chi connectivity index (χ4v) is 3.46. The van der Waals surface area contributed by atoms with E-state index in [1.165, 1.54) is 31.5 Å². The summed E-state index contributed by atoms with van der Waals surface area (Å²) in [6.45, 7) is 0. The maximum Gasteiger partial charge on any atom is 0.416 e. The van der Waals surface area contributed by atoms with Crippen LogP contribution in [0.15, 0.2) is 39.2 Å². The number of hydrogen-bond acceptors (Lipinski definition) is 5. The van der Waals surface area contributed by atoms with Gasteiger partial charge in [0.1, 0.15) is 11.4 Å². The number of nitrogens with two attached hydrogens (primary N) is 1. The molecule has 0 fully saturated rings. The first kappa shape index (κ1) is 18.9. The van der Waals surface area contributed by atoms with Crippen LogP contribution in [0.2, 0.25) is 0 Å². The molecule has 2 aromatic heterocycles. The molecular formula is C17H15F3N4O2S. The van der Waals surface area contributed by atoms with Crippen molar-refractivity contribution in [1.82, 2.24) is 14.1 Å². The van der Waals surface area contributed by atoms with Gasteiger partial charge in [-0.15, -0.1) is 11.3 Å². The Hall–Kier alpha value is -2.88. The monoisotopic (exact) mass is 396 g/mol. The number of rotatable bonds is 3. The molecule has 2 heterocycles. The van der Waals surface area contributed by atoms with E-state index in [4.69, 9.17) is 5.73 Å². The number of halogens is 3. The highest BCUT2D eigenvalue weighted by Gasteiger charge is 2.30. The average Bonchev–Trinajstić information content (AvgIpc) is 3.06. The predicted molar refractivity (Wildman–Crippen MR) is 96.7 cm³/mol. The highest BCUT2D eigenvalue weighted by Crippen LogP contribution is 2.30. The Morgan fingerprint density at radius 1 is 1.19 bits per heavy atom. The summed E-state index contributed by atoms with van der Waals surface area (Å²) in [5, 5.41) is 2.13. The molecule has 142 valence electrons. The largest absolute Gasteiger partial charge is 0.416 e. The quantitative estimate of drug-likeness (QED) is 0.737. The third kappa shape index (κ3) is 3.52. The Labute approximate surface area is 155 Å². The van der Waals surface area contributed by atoms with E-state index in [1.807, 2.05) is 0 Å². The van der Waals surface area contributed by atoms with Gasteiger partial charge in [0.2, 0.25) is 0 Å². The maximum absolute atomic E-state index is 12.8. The Kier molecular flexibility index (Phi) is 4.68. The minimum absolute atomic E-state index is 0.0148. The van der Waals surface area contributed by atoms with Gasteiger partial charge < -0.3 is 5.73 Å². The van der Waals surface area contributed by atoms with E-state index in [0.29, 0.717) is 10.6 Å². The first-order chi connectivity index (χ1) is 12.6. The number of thiazole rings is 1. The van der Waals surface area contributed by atoms with Gasteiger partial charge in [-0.25, -0.2) is 9.78 Å². The first-order valence-corrected chi connectivity index (χ1v) is 8.64. The fourth-order valence-electron chi connectivity index (χ4n) is 2.64. The van der Waals surface area contributed by atoms with Crippen LogP contribution in [0.5, 0.6) is 0 Å². The van der Waals surface area contributed by atoms with Gasteiger partial charge in [-0.3, -0.25) is 13.9 Å². The second-order valence-corrected chi connectivity index (χ2v) is 6.91. The number of anilines is 1. The van der Waals surface area contributed by atoms with E-state index in [9.17, 15) is 22.8 Å². The van der Waals surface area contributed by atoms with Crippen LogP contribution in [0, 0.1) is 0 Å². The summed E-state index contributed by atoms with van der Waals surface area (Å²) < 4.78 is 40.6. The standard InChI is InChI=1S/C17H15F3N4O2S/c1-23-14(21)13(15(25)24(2)16(23)26)11-8-27-12(22-11)7-9-4-3-5-10(6-9)17(18,19)20/h3-6,8H,7,21H2,1-2H3. The average molecular weight is 396 g/mol. The van der Waals surface area contributed by atoms with Gasteiger partial charge in [0.05, 0.1) is 16.3 Å². The number of nitrogens with zero attached hydrogens (tertiary/aromatic N) is 3. The van der Waals surface area contributed by atoms with E-state index in [2.05, 4.69) is 4.98 Å². The molecule has 0 saturated carbocycles. The molecular weight excluding hydrogens is 381 g/mol. The summed E-state index contributed by atoms with van der Waals surface area (Å²) in [6, 6.07) is 5.00. The molecule has 6 nitrogen and oxygen atoms in total. The van der Waals surface area contributed by atoms with Gasteiger partial charge in [-0.2, -0.15) is 13.2 Å². The number of hydrogen-bond donors (Lipinski definition) is 1. The van der Waals surface area contributed by atoms with Crippen molar-refractivity contribution < 1.29 is 13.2 Å². The molecule has 3 rings (SSSR count). The molecule has 0 spiro atoms. The molecule has 0 aliphatic carbocycles. The van der Waals surface area contributed by atoms with E-state index < -0.39 is 23.0 Å². The van der Waals surface area contributed by atoms with Crippen molar-refractivity contribution in [2.45, 2.75) is 12.6 Å². The smallest absolute Gasteiger partial charge is 0.384 e. The second-order valence-electron chi connectivity index (χ2n) is 5.97. The number of aromatic nitrogens is 3. The number of alkyl halides is 3. The summed E-state index contributed by atoms with van der Waals surface area (Å²) in [5.74, 6) is -0.0148. The highest BCUT2D eigenvalue weighted by atomic mass is 32.1.